The normalized spacial score (nSPS) is 14.4. The summed E-state index contributed by atoms with van der Waals surface area (Å²) >= 11 is 1.77. The van der Waals surface area contributed by atoms with Crippen molar-refractivity contribution in [3.8, 4) is 0 Å². The Bertz CT molecular complexity index is 351. The minimum absolute atomic E-state index is 0.354. The predicted molar refractivity (Wildman–Crippen MR) is 86.2 cm³/mol. The van der Waals surface area contributed by atoms with Crippen molar-refractivity contribution < 1.29 is 0 Å². The van der Waals surface area contributed by atoms with Crippen LogP contribution in [0.2, 0.25) is 0 Å². The van der Waals surface area contributed by atoms with Crippen molar-refractivity contribution in [2.45, 2.75) is 53.5 Å². The highest BCUT2D eigenvalue weighted by molar-refractivity contribution is 7.13. The van der Waals surface area contributed by atoms with Gasteiger partial charge in [-0.25, -0.2) is 4.98 Å². The van der Waals surface area contributed by atoms with E-state index in [1.54, 1.807) is 11.3 Å². The van der Waals surface area contributed by atoms with Crippen LogP contribution in [0.15, 0.2) is 5.38 Å². The lowest BCUT2D eigenvalue weighted by molar-refractivity contribution is 0.543. The molecule has 0 saturated heterocycles. The second kappa shape index (κ2) is 8.54. The van der Waals surface area contributed by atoms with Crippen LogP contribution in [0, 0.1) is 5.92 Å². The molecule has 0 amide bonds. The molecule has 0 saturated carbocycles. The van der Waals surface area contributed by atoms with E-state index in [9.17, 15) is 0 Å². The summed E-state index contributed by atoms with van der Waals surface area (Å²) in [6.07, 6.45) is 2.39. The number of hydrogen-bond acceptors (Lipinski definition) is 4. The van der Waals surface area contributed by atoms with Crippen molar-refractivity contribution in [3.05, 3.63) is 11.1 Å². The third kappa shape index (κ3) is 5.11. The fourth-order valence-electron chi connectivity index (χ4n) is 1.93. The molecular formula is C15H29N3S. The minimum Gasteiger partial charge on any atom is -0.348 e. The fraction of sp³-hybridized carbons (Fsp3) is 0.800. The van der Waals surface area contributed by atoms with Crippen LogP contribution in [0.25, 0.3) is 0 Å². The van der Waals surface area contributed by atoms with Gasteiger partial charge >= 0.3 is 0 Å². The molecule has 3 nitrogen and oxygen atoms in total. The largest absolute Gasteiger partial charge is 0.348 e. The smallest absolute Gasteiger partial charge is 0.185 e. The molecule has 0 aliphatic heterocycles. The van der Waals surface area contributed by atoms with Crippen LogP contribution in [0.1, 0.15) is 59.2 Å². The molecule has 2 atom stereocenters. The van der Waals surface area contributed by atoms with Gasteiger partial charge in [0.2, 0.25) is 0 Å². The average Bonchev–Trinajstić information content (AvgIpc) is 2.91. The highest BCUT2D eigenvalue weighted by Crippen LogP contribution is 2.25. The number of nitrogens with one attached hydrogen (secondary N) is 1. The Kier molecular flexibility index (Phi) is 7.39. The molecular weight excluding hydrogens is 254 g/mol. The molecule has 1 N–H and O–H groups in total. The van der Waals surface area contributed by atoms with Gasteiger partial charge in [0.15, 0.2) is 5.13 Å². The molecule has 1 aromatic rings. The van der Waals surface area contributed by atoms with Crippen LogP contribution in [0.3, 0.4) is 0 Å². The zero-order valence-corrected chi connectivity index (χ0v) is 13.9. The van der Waals surface area contributed by atoms with Gasteiger partial charge in [-0.3, -0.25) is 0 Å². The molecule has 1 heterocycles. The van der Waals surface area contributed by atoms with Crippen LogP contribution in [-0.4, -0.2) is 24.6 Å². The fourth-order valence-corrected chi connectivity index (χ4v) is 2.93. The van der Waals surface area contributed by atoms with Crippen molar-refractivity contribution in [3.63, 3.8) is 0 Å². The van der Waals surface area contributed by atoms with E-state index in [4.69, 9.17) is 4.98 Å². The lowest BCUT2D eigenvalue weighted by atomic mass is 10.1. The second-order valence-electron chi connectivity index (χ2n) is 5.28. The van der Waals surface area contributed by atoms with Crippen molar-refractivity contribution in [1.29, 1.82) is 0 Å². The molecule has 0 fully saturated rings. The van der Waals surface area contributed by atoms with Gasteiger partial charge in [0.05, 0.1) is 5.69 Å². The zero-order chi connectivity index (χ0) is 14.3. The first-order valence-electron chi connectivity index (χ1n) is 7.56. The summed E-state index contributed by atoms with van der Waals surface area (Å²) in [7, 11) is 0. The molecule has 0 aliphatic carbocycles. The first kappa shape index (κ1) is 16.4. The number of anilines is 1. The summed E-state index contributed by atoms with van der Waals surface area (Å²) in [4.78, 5) is 7.20. The highest BCUT2D eigenvalue weighted by atomic mass is 32.1. The van der Waals surface area contributed by atoms with E-state index in [1.165, 1.54) is 17.2 Å². The molecule has 1 rings (SSSR count). The summed E-state index contributed by atoms with van der Waals surface area (Å²) in [6.45, 7) is 14.4. The summed E-state index contributed by atoms with van der Waals surface area (Å²) < 4.78 is 0. The third-order valence-electron chi connectivity index (χ3n) is 3.54. The van der Waals surface area contributed by atoms with Gasteiger partial charge in [-0.05, 0) is 32.7 Å². The number of hydrogen-bond donors (Lipinski definition) is 1. The SMILES string of the molecule is CCCNC(C)c1csc(N(CC)CC(C)CC)n1. The zero-order valence-electron chi connectivity index (χ0n) is 13.1. The summed E-state index contributed by atoms with van der Waals surface area (Å²) in [6, 6.07) is 0.354. The van der Waals surface area contributed by atoms with Gasteiger partial charge in [-0.1, -0.05) is 27.2 Å². The quantitative estimate of drug-likeness (QED) is 0.740. The lowest BCUT2D eigenvalue weighted by Crippen LogP contribution is -2.28. The monoisotopic (exact) mass is 283 g/mol. The van der Waals surface area contributed by atoms with E-state index in [1.807, 2.05) is 0 Å². The van der Waals surface area contributed by atoms with Gasteiger partial charge in [-0.2, -0.15) is 0 Å². The second-order valence-corrected chi connectivity index (χ2v) is 6.12. The lowest BCUT2D eigenvalue weighted by Gasteiger charge is -2.23. The predicted octanol–water partition coefficient (Wildman–Crippen LogP) is 4.08. The van der Waals surface area contributed by atoms with Gasteiger partial charge in [0.1, 0.15) is 0 Å². The molecule has 4 heteroatoms. The molecule has 0 spiro atoms. The maximum atomic E-state index is 4.80. The van der Waals surface area contributed by atoms with Crippen molar-refractivity contribution in [1.82, 2.24) is 10.3 Å². The number of rotatable bonds is 9. The van der Waals surface area contributed by atoms with E-state index in [-0.39, 0.29) is 0 Å². The third-order valence-corrected chi connectivity index (χ3v) is 4.45. The van der Waals surface area contributed by atoms with E-state index < -0.39 is 0 Å². The Morgan fingerprint density at radius 3 is 2.63 bits per heavy atom. The van der Waals surface area contributed by atoms with E-state index >= 15 is 0 Å². The molecule has 2 unspecified atom stereocenters. The molecule has 0 radical (unpaired) electrons. The van der Waals surface area contributed by atoms with Gasteiger partial charge in [-0.15, -0.1) is 11.3 Å². The average molecular weight is 283 g/mol. The topological polar surface area (TPSA) is 28.2 Å². The van der Waals surface area contributed by atoms with E-state index in [0.29, 0.717) is 6.04 Å². The van der Waals surface area contributed by atoms with Crippen molar-refractivity contribution >= 4 is 16.5 Å². The Morgan fingerprint density at radius 2 is 2.05 bits per heavy atom. The van der Waals surface area contributed by atoms with Crippen LogP contribution in [0.5, 0.6) is 0 Å². The van der Waals surface area contributed by atoms with Gasteiger partial charge < -0.3 is 10.2 Å². The first-order chi connectivity index (χ1) is 9.12. The number of thiazole rings is 1. The molecule has 1 aromatic heterocycles. The summed E-state index contributed by atoms with van der Waals surface area (Å²) in [5.41, 5.74) is 1.18. The summed E-state index contributed by atoms with van der Waals surface area (Å²) in [5.74, 6) is 0.725. The number of nitrogens with zero attached hydrogens (tertiary/aromatic N) is 2. The molecule has 0 aromatic carbocycles. The summed E-state index contributed by atoms with van der Waals surface area (Å²) in [5, 5.41) is 6.86. The number of aromatic nitrogens is 1. The van der Waals surface area contributed by atoms with E-state index in [0.717, 1.165) is 32.0 Å². The molecule has 0 aliphatic rings. The van der Waals surface area contributed by atoms with Crippen LogP contribution in [0.4, 0.5) is 5.13 Å². The Hall–Kier alpha value is -0.610. The van der Waals surface area contributed by atoms with Crippen molar-refractivity contribution in [2.24, 2.45) is 5.92 Å². The first-order valence-corrected chi connectivity index (χ1v) is 8.43. The van der Waals surface area contributed by atoms with Crippen LogP contribution < -0.4 is 10.2 Å². The Morgan fingerprint density at radius 1 is 1.32 bits per heavy atom. The molecule has 19 heavy (non-hydrogen) atoms. The van der Waals surface area contributed by atoms with Crippen LogP contribution >= 0.6 is 11.3 Å². The maximum absolute atomic E-state index is 4.80. The Balaban J connectivity index is 2.65. The van der Waals surface area contributed by atoms with Gasteiger partial charge in [0.25, 0.3) is 0 Å². The van der Waals surface area contributed by atoms with Gasteiger partial charge in [0, 0.05) is 24.5 Å². The molecule has 110 valence electrons. The molecule has 0 bridgehead atoms. The maximum Gasteiger partial charge on any atom is 0.185 e. The standard InChI is InChI=1S/C15H29N3S/c1-6-9-16-13(5)14-11-19-15(17-14)18(8-3)10-12(4)7-2/h11-13,16H,6-10H2,1-5H3. The van der Waals surface area contributed by atoms with Crippen molar-refractivity contribution in [2.75, 3.05) is 24.5 Å². The van der Waals surface area contributed by atoms with Crippen LogP contribution in [-0.2, 0) is 0 Å². The Labute approximate surface area is 122 Å². The van der Waals surface area contributed by atoms with E-state index in [2.05, 4.69) is 50.2 Å². The minimum atomic E-state index is 0.354. The highest BCUT2D eigenvalue weighted by Gasteiger charge is 2.14.